The lowest BCUT2D eigenvalue weighted by atomic mass is 10.1. The molecule has 10 heteroatoms. The number of nitrogens with one attached hydrogen (secondary N) is 1. The van der Waals surface area contributed by atoms with Crippen molar-refractivity contribution in [3.63, 3.8) is 0 Å². The van der Waals surface area contributed by atoms with Crippen LogP contribution in [0.25, 0.3) is 0 Å². The van der Waals surface area contributed by atoms with Gasteiger partial charge in [0, 0.05) is 5.69 Å². The molecule has 3 aromatic rings. The van der Waals surface area contributed by atoms with Crippen molar-refractivity contribution in [3.05, 3.63) is 82.9 Å². The lowest BCUT2D eigenvalue weighted by molar-refractivity contribution is -0.137. The van der Waals surface area contributed by atoms with Crippen LogP contribution in [0.5, 0.6) is 5.75 Å². The van der Waals surface area contributed by atoms with Gasteiger partial charge in [-0.15, -0.1) is 0 Å². The second-order valence-electron chi connectivity index (χ2n) is 8.03. The molecule has 186 valence electrons. The lowest BCUT2D eigenvalue weighted by Crippen LogP contribution is -2.38. The number of methoxy groups -OCH3 is 1. The first-order chi connectivity index (χ1) is 16.3. The summed E-state index contributed by atoms with van der Waals surface area (Å²) in [4.78, 5) is 12.7. The fourth-order valence-corrected chi connectivity index (χ4v) is 5.23. The summed E-state index contributed by atoms with van der Waals surface area (Å²) in [6.07, 6.45) is -4.70. The summed E-state index contributed by atoms with van der Waals surface area (Å²) in [5.41, 5.74) is 1.27. The summed E-state index contributed by atoms with van der Waals surface area (Å²) in [6, 6.07) is 13.6. The molecule has 0 aliphatic carbocycles. The average Bonchev–Trinajstić information content (AvgIpc) is 2.79. The second-order valence-corrected chi connectivity index (χ2v) is 9.86. The largest absolute Gasteiger partial charge is 0.495 e. The Morgan fingerprint density at radius 1 is 0.971 bits per heavy atom. The number of anilines is 2. The van der Waals surface area contributed by atoms with E-state index in [1.54, 1.807) is 39.0 Å². The van der Waals surface area contributed by atoms with E-state index in [9.17, 15) is 26.4 Å². The predicted molar refractivity (Wildman–Crippen MR) is 128 cm³/mol. The Hall–Kier alpha value is -3.53. The number of benzene rings is 3. The van der Waals surface area contributed by atoms with Gasteiger partial charge in [0.2, 0.25) is 5.91 Å². The normalized spacial score (nSPS) is 11.7. The number of ether oxygens (including phenoxy) is 1. The highest BCUT2D eigenvalue weighted by Crippen LogP contribution is 2.35. The monoisotopic (exact) mass is 506 g/mol. The molecule has 3 aromatic carbocycles. The molecule has 6 nitrogen and oxygen atoms in total. The maximum absolute atomic E-state index is 13.7. The molecule has 0 fully saturated rings. The van der Waals surface area contributed by atoms with Gasteiger partial charge in [-0.1, -0.05) is 30.3 Å². The zero-order valence-corrected chi connectivity index (χ0v) is 20.4. The topological polar surface area (TPSA) is 75.7 Å². The van der Waals surface area contributed by atoms with E-state index in [0.717, 1.165) is 23.3 Å². The molecule has 0 radical (unpaired) electrons. The number of alkyl halides is 3. The van der Waals surface area contributed by atoms with Crippen LogP contribution in [0.4, 0.5) is 24.5 Å². The van der Waals surface area contributed by atoms with Crippen molar-refractivity contribution in [2.75, 3.05) is 23.3 Å². The van der Waals surface area contributed by atoms with Crippen LogP contribution in [0, 0.1) is 20.8 Å². The molecule has 0 spiro atoms. The van der Waals surface area contributed by atoms with Crippen LogP contribution in [0.1, 0.15) is 22.3 Å². The number of amides is 1. The Morgan fingerprint density at radius 3 is 2.20 bits per heavy atom. The van der Waals surface area contributed by atoms with Gasteiger partial charge in [-0.05, 0) is 67.8 Å². The SMILES string of the molecule is COc1ccc(C)cc1S(=O)(=O)N(CC(=O)Nc1c(C)cccc1C)c1cccc(C(F)(F)F)c1. The van der Waals surface area contributed by atoms with E-state index in [0.29, 0.717) is 21.6 Å². The van der Waals surface area contributed by atoms with E-state index in [1.807, 2.05) is 6.07 Å². The van der Waals surface area contributed by atoms with Crippen LogP contribution in [-0.4, -0.2) is 28.0 Å². The van der Waals surface area contributed by atoms with Crippen molar-refractivity contribution in [1.29, 1.82) is 0 Å². The van der Waals surface area contributed by atoms with Gasteiger partial charge in [0.05, 0.1) is 18.4 Å². The third-order valence-electron chi connectivity index (χ3n) is 5.38. The second kappa shape index (κ2) is 9.99. The van der Waals surface area contributed by atoms with Crippen LogP contribution in [0.3, 0.4) is 0 Å². The number of halogens is 3. The highest BCUT2D eigenvalue weighted by Gasteiger charge is 2.34. The van der Waals surface area contributed by atoms with Gasteiger partial charge in [-0.3, -0.25) is 9.10 Å². The molecular formula is C25H25F3N2O4S. The molecule has 0 atom stereocenters. The third-order valence-corrected chi connectivity index (χ3v) is 7.18. The van der Waals surface area contributed by atoms with Crippen molar-refractivity contribution in [3.8, 4) is 5.75 Å². The standard InChI is InChI=1S/C25H25F3N2O4S/c1-16-11-12-21(34-4)22(13-16)35(32,33)30(20-10-6-9-19(14-20)25(26,27)28)15-23(31)29-24-17(2)7-5-8-18(24)3/h5-14H,15H2,1-4H3,(H,29,31). The van der Waals surface area contributed by atoms with Crippen LogP contribution >= 0.6 is 0 Å². The first-order valence-corrected chi connectivity index (χ1v) is 12.0. The molecule has 35 heavy (non-hydrogen) atoms. The Labute approximate surface area is 202 Å². The predicted octanol–water partition coefficient (Wildman–Crippen LogP) is 5.47. The smallest absolute Gasteiger partial charge is 0.416 e. The van der Waals surface area contributed by atoms with Crippen LogP contribution < -0.4 is 14.4 Å². The van der Waals surface area contributed by atoms with Gasteiger partial charge in [-0.2, -0.15) is 13.2 Å². The minimum Gasteiger partial charge on any atom is -0.495 e. The van der Waals surface area contributed by atoms with E-state index in [1.165, 1.54) is 25.3 Å². The summed E-state index contributed by atoms with van der Waals surface area (Å²) in [7, 11) is -3.23. The zero-order chi connectivity index (χ0) is 26.0. The Kier molecular flexibility index (Phi) is 7.44. The first-order valence-electron chi connectivity index (χ1n) is 10.6. The quantitative estimate of drug-likeness (QED) is 0.461. The molecule has 0 aromatic heterocycles. The molecule has 3 rings (SSSR count). The zero-order valence-electron chi connectivity index (χ0n) is 19.6. The van der Waals surface area contributed by atoms with Gasteiger partial charge in [0.15, 0.2) is 0 Å². The van der Waals surface area contributed by atoms with Gasteiger partial charge in [-0.25, -0.2) is 8.42 Å². The van der Waals surface area contributed by atoms with Crippen molar-refractivity contribution < 1.29 is 31.1 Å². The third kappa shape index (κ3) is 5.76. The summed E-state index contributed by atoms with van der Waals surface area (Å²) in [5.74, 6) is -0.710. The number of rotatable bonds is 7. The maximum Gasteiger partial charge on any atom is 0.416 e. The fraction of sp³-hybridized carbons (Fsp3) is 0.240. The molecule has 0 bridgehead atoms. The maximum atomic E-state index is 13.7. The molecule has 0 aliphatic heterocycles. The van der Waals surface area contributed by atoms with Crippen LogP contribution in [0.2, 0.25) is 0 Å². The highest BCUT2D eigenvalue weighted by atomic mass is 32.2. The van der Waals surface area contributed by atoms with Crippen molar-refractivity contribution in [2.24, 2.45) is 0 Å². The Balaban J connectivity index is 2.11. The van der Waals surface area contributed by atoms with Crippen LogP contribution in [0.15, 0.2) is 65.6 Å². The molecule has 0 saturated carbocycles. The molecule has 1 amide bonds. The number of para-hydroxylation sites is 1. The highest BCUT2D eigenvalue weighted by molar-refractivity contribution is 7.93. The minimum absolute atomic E-state index is 0.00253. The van der Waals surface area contributed by atoms with E-state index < -0.39 is 34.2 Å². The molecule has 1 N–H and O–H groups in total. The van der Waals surface area contributed by atoms with Gasteiger partial charge >= 0.3 is 6.18 Å². The average molecular weight is 507 g/mol. The molecule has 0 unspecified atom stereocenters. The molecule has 0 aliphatic rings. The number of carbonyl (C=O) groups is 1. The summed E-state index contributed by atoms with van der Waals surface area (Å²) >= 11 is 0. The molecular weight excluding hydrogens is 481 g/mol. The number of hydrogen-bond donors (Lipinski definition) is 1. The molecule has 0 saturated heterocycles. The van der Waals surface area contributed by atoms with E-state index in [-0.39, 0.29) is 16.3 Å². The number of nitrogens with zero attached hydrogens (tertiary/aromatic N) is 1. The summed E-state index contributed by atoms with van der Waals surface area (Å²) < 4.78 is 73.5. The van der Waals surface area contributed by atoms with E-state index in [4.69, 9.17) is 4.74 Å². The lowest BCUT2D eigenvalue weighted by Gasteiger charge is -2.26. The summed E-state index contributed by atoms with van der Waals surface area (Å²) in [6.45, 7) is 4.47. The number of aryl methyl sites for hydroxylation is 3. The van der Waals surface area contributed by atoms with E-state index >= 15 is 0 Å². The van der Waals surface area contributed by atoms with Gasteiger partial charge < -0.3 is 10.1 Å². The van der Waals surface area contributed by atoms with Crippen molar-refractivity contribution >= 4 is 27.3 Å². The Morgan fingerprint density at radius 2 is 1.60 bits per heavy atom. The van der Waals surface area contributed by atoms with Crippen molar-refractivity contribution in [2.45, 2.75) is 31.8 Å². The Bertz CT molecular complexity index is 1330. The number of carbonyl (C=O) groups excluding carboxylic acids is 1. The fourth-order valence-electron chi connectivity index (χ4n) is 3.58. The van der Waals surface area contributed by atoms with Gasteiger partial charge in [0.25, 0.3) is 10.0 Å². The van der Waals surface area contributed by atoms with Crippen molar-refractivity contribution in [1.82, 2.24) is 0 Å². The number of hydrogen-bond acceptors (Lipinski definition) is 4. The van der Waals surface area contributed by atoms with Gasteiger partial charge in [0.1, 0.15) is 17.2 Å². The van der Waals surface area contributed by atoms with E-state index in [2.05, 4.69) is 5.32 Å². The summed E-state index contributed by atoms with van der Waals surface area (Å²) in [5, 5.41) is 2.69. The van der Waals surface area contributed by atoms with Crippen LogP contribution in [-0.2, 0) is 21.0 Å². The number of sulfonamides is 1. The first kappa shape index (κ1) is 26.1. The minimum atomic E-state index is -4.70. The molecule has 0 heterocycles.